The van der Waals surface area contributed by atoms with Crippen LogP contribution in [0.25, 0.3) is 0 Å². The first-order valence-corrected chi connectivity index (χ1v) is 4.93. The molecule has 1 aromatic heterocycles. The highest BCUT2D eigenvalue weighted by Gasteiger charge is 2.12. The normalized spacial score (nSPS) is 21.1. The lowest BCUT2D eigenvalue weighted by molar-refractivity contribution is 0.583. The van der Waals surface area contributed by atoms with Gasteiger partial charge in [0.15, 0.2) is 0 Å². The smallest absolute Gasteiger partial charge is 0.212 e. The van der Waals surface area contributed by atoms with E-state index < -0.39 is 5.95 Å². The van der Waals surface area contributed by atoms with Crippen LogP contribution < -0.4 is 10.6 Å². The summed E-state index contributed by atoms with van der Waals surface area (Å²) in [4.78, 5) is 3.57. The first-order chi connectivity index (χ1) is 6.84. The molecule has 76 valence electrons. The summed E-state index contributed by atoms with van der Waals surface area (Å²) < 4.78 is 12.5. The molecular formula is C10H14FN3. The number of halogens is 1. The molecule has 0 saturated carbocycles. The maximum absolute atomic E-state index is 12.5. The van der Waals surface area contributed by atoms with Crippen molar-refractivity contribution in [1.29, 1.82) is 0 Å². The van der Waals surface area contributed by atoms with E-state index in [1.807, 2.05) is 0 Å². The predicted molar refractivity (Wildman–Crippen MR) is 53.7 cm³/mol. The van der Waals surface area contributed by atoms with E-state index in [0.717, 1.165) is 18.8 Å². The van der Waals surface area contributed by atoms with Crippen molar-refractivity contribution in [3.05, 3.63) is 24.3 Å². The summed E-state index contributed by atoms with van der Waals surface area (Å²) in [5, 5.41) is 6.60. The van der Waals surface area contributed by atoms with Crippen LogP contribution >= 0.6 is 0 Å². The summed E-state index contributed by atoms with van der Waals surface area (Å²) in [6.45, 7) is 1.99. The predicted octanol–water partition coefficient (Wildman–Crippen LogP) is 1.38. The Morgan fingerprint density at radius 1 is 1.57 bits per heavy atom. The largest absolute Gasteiger partial charge is 0.382 e. The Bertz CT molecular complexity index is 280. The van der Waals surface area contributed by atoms with Crippen molar-refractivity contribution in [3.8, 4) is 0 Å². The first-order valence-electron chi connectivity index (χ1n) is 4.93. The number of nitrogens with zero attached hydrogens (tertiary/aromatic N) is 1. The molecule has 14 heavy (non-hydrogen) atoms. The molecule has 0 aliphatic carbocycles. The highest BCUT2D eigenvalue weighted by atomic mass is 19.1. The number of nitrogens with one attached hydrogen (secondary N) is 2. The number of aromatic nitrogens is 1. The number of pyridine rings is 1. The van der Waals surface area contributed by atoms with Crippen LogP contribution in [-0.4, -0.2) is 24.1 Å². The highest BCUT2D eigenvalue weighted by Crippen LogP contribution is 2.08. The van der Waals surface area contributed by atoms with Crippen molar-refractivity contribution in [2.24, 2.45) is 0 Å². The summed E-state index contributed by atoms with van der Waals surface area (Å²) >= 11 is 0. The molecule has 1 aromatic rings. The summed E-state index contributed by atoms with van der Waals surface area (Å²) in [5.41, 5.74) is 0.875. The molecule has 4 heteroatoms. The van der Waals surface area contributed by atoms with Gasteiger partial charge in [0.25, 0.3) is 0 Å². The lowest BCUT2D eigenvalue weighted by Crippen LogP contribution is -2.29. The first kappa shape index (κ1) is 9.40. The van der Waals surface area contributed by atoms with E-state index in [-0.39, 0.29) is 0 Å². The van der Waals surface area contributed by atoms with E-state index >= 15 is 0 Å². The maximum Gasteiger partial charge on any atom is 0.212 e. The molecule has 1 aliphatic rings. The van der Waals surface area contributed by atoms with Gasteiger partial charge in [0.1, 0.15) is 0 Å². The number of hydrogen-bond acceptors (Lipinski definition) is 3. The molecule has 1 unspecified atom stereocenters. The molecule has 0 aromatic carbocycles. The Morgan fingerprint density at radius 3 is 3.14 bits per heavy atom. The minimum atomic E-state index is -0.436. The van der Waals surface area contributed by atoms with Crippen LogP contribution in [-0.2, 0) is 0 Å². The topological polar surface area (TPSA) is 37.0 Å². The second kappa shape index (κ2) is 4.37. The van der Waals surface area contributed by atoms with Gasteiger partial charge in [-0.2, -0.15) is 4.39 Å². The minimum absolute atomic E-state index is 0.436. The minimum Gasteiger partial charge on any atom is -0.382 e. The van der Waals surface area contributed by atoms with E-state index in [9.17, 15) is 4.39 Å². The van der Waals surface area contributed by atoms with Crippen molar-refractivity contribution in [3.63, 3.8) is 0 Å². The standard InChI is InChI=1S/C10H14FN3/c11-10-4-3-9(7-14-10)13-6-8-2-1-5-12-8/h3-4,7-8,12-13H,1-2,5-6H2. The summed E-state index contributed by atoms with van der Waals surface area (Å²) in [5.74, 6) is -0.436. The molecule has 1 atom stereocenters. The molecule has 0 bridgehead atoms. The van der Waals surface area contributed by atoms with Gasteiger partial charge in [0.2, 0.25) is 5.95 Å². The van der Waals surface area contributed by atoms with Crippen LogP contribution in [0, 0.1) is 5.95 Å². The molecule has 0 amide bonds. The third-order valence-corrected chi connectivity index (χ3v) is 2.44. The molecular weight excluding hydrogens is 181 g/mol. The van der Waals surface area contributed by atoms with E-state index in [1.54, 1.807) is 6.07 Å². The van der Waals surface area contributed by atoms with Crippen molar-refractivity contribution in [2.75, 3.05) is 18.4 Å². The second-order valence-corrected chi connectivity index (χ2v) is 3.54. The lowest BCUT2D eigenvalue weighted by Gasteiger charge is -2.11. The Labute approximate surface area is 82.7 Å². The van der Waals surface area contributed by atoms with E-state index in [0.29, 0.717) is 6.04 Å². The number of hydrogen-bond donors (Lipinski definition) is 2. The van der Waals surface area contributed by atoms with Gasteiger partial charge in [0.05, 0.1) is 11.9 Å². The van der Waals surface area contributed by atoms with Crippen LogP contribution in [0.1, 0.15) is 12.8 Å². The fourth-order valence-corrected chi connectivity index (χ4v) is 1.65. The molecule has 1 fully saturated rings. The van der Waals surface area contributed by atoms with Crippen LogP contribution in [0.3, 0.4) is 0 Å². The molecule has 0 spiro atoms. The molecule has 2 heterocycles. The third kappa shape index (κ3) is 2.42. The molecule has 1 saturated heterocycles. The summed E-state index contributed by atoms with van der Waals surface area (Å²) in [7, 11) is 0. The fourth-order valence-electron chi connectivity index (χ4n) is 1.65. The Hall–Kier alpha value is -1.16. The maximum atomic E-state index is 12.5. The second-order valence-electron chi connectivity index (χ2n) is 3.54. The number of rotatable bonds is 3. The van der Waals surface area contributed by atoms with Crippen molar-refractivity contribution < 1.29 is 4.39 Å². The Balaban J connectivity index is 1.82. The molecule has 1 aliphatic heterocycles. The highest BCUT2D eigenvalue weighted by molar-refractivity contribution is 5.39. The van der Waals surface area contributed by atoms with Gasteiger partial charge in [-0.3, -0.25) is 0 Å². The Morgan fingerprint density at radius 2 is 2.50 bits per heavy atom. The molecule has 2 rings (SSSR count). The quantitative estimate of drug-likeness (QED) is 0.715. The van der Waals surface area contributed by atoms with Crippen molar-refractivity contribution in [2.45, 2.75) is 18.9 Å². The fraction of sp³-hybridized carbons (Fsp3) is 0.500. The van der Waals surface area contributed by atoms with Crippen LogP contribution in [0.5, 0.6) is 0 Å². The molecule has 3 nitrogen and oxygen atoms in total. The van der Waals surface area contributed by atoms with E-state index in [1.165, 1.54) is 25.1 Å². The van der Waals surface area contributed by atoms with E-state index in [4.69, 9.17) is 0 Å². The van der Waals surface area contributed by atoms with Gasteiger partial charge in [-0.15, -0.1) is 0 Å². The van der Waals surface area contributed by atoms with Gasteiger partial charge in [-0.05, 0) is 31.5 Å². The SMILES string of the molecule is Fc1ccc(NCC2CCCN2)cn1. The lowest BCUT2D eigenvalue weighted by atomic mass is 10.2. The van der Waals surface area contributed by atoms with Crippen molar-refractivity contribution >= 4 is 5.69 Å². The van der Waals surface area contributed by atoms with Gasteiger partial charge in [0, 0.05) is 12.6 Å². The van der Waals surface area contributed by atoms with Gasteiger partial charge < -0.3 is 10.6 Å². The van der Waals surface area contributed by atoms with Gasteiger partial charge >= 0.3 is 0 Å². The van der Waals surface area contributed by atoms with Crippen molar-refractivity contribution in [1.82, 2.24) is 10.3 Å². The zero-order valence-electron chi connectivity index (χ0n) is 7.96. The summed E-state index contributed by atoms with van der Waals surface area (Å²) in [6.07, 6.45) is 3.97. The molecule has 2 N–H and O–H groups in total. The zero-order valence-corrected chi connectivity index (χ0v) is 7.96. The third-order valence-electron chi connectivity index (χ3n) is 2.44. The molecule has 0 radical (unpaired) electrons. The van der Waals surface area contributed by atoms with Crippen LogP contribution in [0.15, 0.2) is 18.3 Å². The van der Waals surface area contributed by atoms with Gasteiger partial charge in [-0.1, -0.05) is 0 Å². The van der Waals surface area contributed by atoms with Crippen LogP contribution in [0.2, 0.25) is 0 Å². The zero-order chi connectivity index (χ0) is 9.80. The average Bonchev–Trinajstić information content (AvgIpc) is 2.70. The summed E-state index contributed by atoms with van der Waals surface area (Å²) in [6, 6.07) is 3.61. The number of anilines is 1. The van der Waals surface area contributed by atoms with Gasteiger partial charge in [-0.25, -0.2) is 4.98 Å². The monoisotopic (exact) mass is 195 g/mol. The Kier molecular flexibility index (Phi) is 2.93. The van der Waals surface area contributed by atoms with Crippen LogP contribution in [0.4, 0.5) is 10.1 Å². The average molecular weight is 195 g/mol. The van der Waals surface area contributed by atoms with E-state index in [2.05, 4.69) is 15.6 Å².